The second-order valence-corrected chi connectivity index (χ2v) is 6.95. The quantitative estimate of drug-likeness (QED) is 0.728. The molecule has 1 rings (SSSR count). The Bertz CT molecular complexity index is 355. The molecule has 1 aromatic carbocycles. The van der Waals surface area contributed by atoms with Crippen molar-refractivity contribution < 1.29 is 0 Å². The van der Waals surface area contributed by atoms with Crippen molar-refractivity contribution in [1.82, 2.24) is 5.32 Å². The van der Waals surface area contributed by atoms with Crippen molar-refractivity contribution in [3.05, 3.63) is 34.9 Å². The number of aryl methyl sites for hydroxylation is 2. The Kier molecular flexibility index (Phi) is 7.55. The number of benzene rings is 1. The van der Waals surface area contributed by atoms with Gasteiger partial charge in [0.1, 0.15) is 0 Å². The maximum atomic E-state index is 3.70. The Hall–Kier alpha value is -0.470. The number of hydrogen-bond donors (Lipinski definition) is 1. The summed E-state index contributed by atoms with van der Waals surface area (Å²) in [4.78, 5) is 0. The third-order valence-corrected chi connectivity index (χ3v) is 4.84. The average molecular weight is 279 g/mol. The fraction of sp³-hybridized carbons (Fsp3) is 0.647. The van der Waals surface area contributed by atoms with Crippen LogP contribution in [0.4, 0.5) is 0 Å². The van der Waals surface area contributed by atoms with Crippen LogP contribution in [0, 0.1) is 13.8 Å². The molecule has 0 radical (unpaired) electrons. The standard InChI is InChI=1S/C17H29NS/c1-6-8-18-17(12-19-15(5)7-2)16-10-13(3)9-14(4)11-16/h9-11,15,17-18H,6-8,12H2,1-5H3. The molecule has 0 saturated heterocycles. The van der Waals surface area contributed by atoms with Crippen molar-refractivity contribution in [2.75, 3.05) is 12.3 Å². The molecular formula is C17H29NS. The summed E-state index contributed by atoms with van der Waals surface area (Å²) in [6.07, 6.45) is 2.44. The molecule has 1 aromatic rings. The van der Waals surface area contributed by atoms with Crippen LogP contribution >= 0.6 is 11.8 Å². The van der Waals surface area contributed by atoms with Crippen molar-refractivity contribution in [2.24, 2.45) is 0 Å². The van der Waals surface area contributed by atoms with Gasteiger partial charge in [0.05, 0.1) is 0 Å². The van der Waals surface area contributed by atoms with Gasteiger partial charge in [-0.25, -0.2) is 0 Å². The molecule has 0 aromatic heterocycles. The summed E-state index contributed by atoms with van der Waals surface area (Å²) in [5.41, 5.74) is 4.18. The largest absolute Gasteiger partial charge is 0.309 e. The molecule has 0 aliphatic heterocycles. The van der Waals surface area contributed by atoms with Crippen LogP contribution in [0.5, 0.6) is 0 Å². The minimum Gasteiger partial charge on any atom is -0.309 e. The predicted molar refractivity (Wildman–Crippen MR) is 89.2 cm³/mol. The van der Waals surface area contributed by atoms with Crippen LogP contribution in [0.3, 0.4) is 0 Å². The summed E-state index contributed by atoms with van der Waals surface area (Å²) >= 11 is 2.08. The predicted octanol–water partition coefficient (Wildman–Crippen LogP) is 4.88. The number of nitrogens with one attached hydrogen (secondary N) is 1. The van der Waals surface area contributed by atoms with Crippen LogP contribution in [0.25, 0.3) is 0 Å². The highest BCUT2D eigenvalue weighted by atomic mass is 32.2. The smallest absolute Gasteiger partial charge is 0.0412 e. The third kappa shape index (κ3) is 6.01. The molecule has 0 aliphatic rings. The molecule has 2 atom stereocenters. The monoisotopic (exact) mass is 279 g/mol. The first kappa shape index (κ1) is 16.6. The van der Waals surface area contributed by atoms with Crippen LogP contribution in [0.2, 0.25) is 0 Å². The van der Waals surface area contributed by atoms with E-state index in [2.05, 4.69) is 69.9 Å². The summed E-state index contributed by atoms with van der Waals surface area (Å²) in [6.45, 7) is 12.3. The second kappa shape index (κ2) is 8.65. The molecule has 1 N–H and O–H groups in total. The Balaban J connectivity index is 2.76. The van der Waals surface area contributed by atoms with Crippen LogP contribution in [0.15, 0.2) is 18.2 Å². The molecule has 0 amide bonds. The molecule has 1 nitrogen and oxygen atoms in total. The normalized spacial score (nSPS) is 14.4. The molecule has 0 aliphatic carbocycles. The summed E-state index contributed by atoms with van der Waals surface area (Å²) in [7, 11) is 0. The maximum absolute atomic E-state index is 3.70. The first-order chi connectivity index (χ1) is 9.06. The summed E-state index contributed by atoms with van der Waals surface area (Å²) < 4.78 is 0. The fourth-order valence-corrected chi connectivity index (χ4v) is 3.25. The van der Waals surface area contributed by atoms with Gasteiger partial charge in [0, 0.05) is 17.0 Å². The first-order valence-corrected chi connectivity index (χ1v) is 8.54. The van der Waals surface area contributed by atoms with E-state index in [1.165, 1.54) is 29.5 Å². The second-order valence-electron chi connectivity index (χ2n) is 5.48. The number of rotatable bonds is 8. The van der Waals surface area contributed by atoms with Crippen LogP contribution in [0.1, 0.15) is 56.3 Å². The molecule has 0 saturated carbocycles. The van der Waals surface area contributed by atoms with Crippen molar-refractivity contribution >= 4 is 11.8 Å². The van der Waals surface area contributed by atoms with Crippen LogP contribution in [-0.4, -0.2) is 17.5 Å². The number of hydrogen-bond acceptors (Lipinski definition) is 2. The van der Waals surface area contributed by atoms with Gasteiger partial charge in [0.15, 0.2) is 0 Å². The van der Waals surface area contributed by atoms with E-state index in [0.29, 0.717) is 6.04 Å². The van der Waals surface area contributed by atoms with Gasteiger partial charge in [-0.05, 0) is 38.8 Å². The van der Waals surface area contributed by atoms with Crippen molar-refractivity contribution in [1.29, 1.82) is 0 Å². The zero-order valence-corrected chi connectivity index (χ0v) is 13.9. The molecular weight excluding hydrogens is 250 g/mol. The number of thioether (sulfide) groups is 1. The molecule has 108 valence electrons. The lowest BCUT2D eigenvalue weighted by Gasteiger charge is -2.21. The van der Waals surface area contributed by atoms with Crippen molar-refractivity contribution in [2.45, 2.75) is 58.8 Å². The van der Waals surface area contributed by atoms with Gasteiger partial charge in [0.2, 0.25) is 0 Å². The van der Waals surface area contributed by atoms with Gasteiger partial charge < -0.3 is 5.32 Å². The van der Waals surface area contributed by atoms with Crippen LogP contribution < -0.4 is 5.32 Å². The van der Waals surface area contributed by atoms with E-state index < -0.39 is 0 Å². The lowest BCUT2D eigenvalue weighted by atomic mass is 10.0. The van der Waals surface area contributed by atoms with E-state index >= 15 is 0 Å². The molecule has 0 spiro atoms. The Morgan fingerprint density at radius 3 is 2.26 bits per heavy atom. The van der Waals surface area contributed by atoms with E-state index in [4.69, 9.17) is 0 Å². The minimum absolute atomic E-state index is 0.484. The van der Waals surface area contributed by atoms with Crippen molar-refractivity contribution in [3.63, 3.8) is 0 Å². The highest BCUT2D eigenvalue weighted by molar-refractivity contribution is 7.99. The Labute approximate surface area is 123 Å². The Morgan fingerprint density at radius 1 is 1.11 bits per heavy atom. The topological polar surface area (TPSA) is 12.0 Å². The molecule has 19 heavy (non-hydrogen) atoms. The first-order valence-electron chi connectivity index (χ1n) is 7.50. The van der Waals surface area contributed by atoms with Gasteiger partial charge in [0.25, 0.3) is 0 Å². The van der Waals surface area contributed by atoms with E-state index in [0.717, 1.165) is 17.5 Å². The SMILES string of the molecule is CCCNC(CSC(C)CC)c1cc(C)cc(C)c1. The van der Waals surface area contributed by atoms with Crippen molar-refractivity contribution in [3.8, 4) is 0 Å². The van der Waals surface area contributed by atoms with E-state index in [-0.39, 0.29) is 0 Å². The molecule has 0 bridgehead atoms. The summed E-state index contributed by atoms with van der Waals surface area (Å²) in [5, 5.41) is 4.45. The van der Waals surface area contributed by atoms with Gasteiger partial charge in [-0.1, -0.05) is 50.1 Å². The summed E-state index contributed by atoms with van der Waals surface area (Å²) in [6, 6.07) is 7.40. The van der Waals surface area contributed by atoms with Gasteiger partial charge in [-0.3, -0.25) is 0 Å². The van der Waals surface area contributed by atoms with Gasteiger partial charge >= 0.3 is 0 Å². The van der Waals surface area contributed by atoms with Gasteiger partial charge in [-0.2, -0.15) is 11.8 Å². The highest BCUT2D eigenvalue weighted by Crippen LogP contribution is 2.24. The minimum atomic E-state index is 0.484. The molecule has 2 heteroatoms. The van der Waals surface area contributed by atoms with Gasteiger partial charge in [-0.15, -0.1) is 0 Å². The van der Waals surface area contributed by atoms with E-state index in [1.807, 2.05) is 0 Å². The third-order valence-electron chi connectivity index (χ3n) is 3.41. The molecule has 2 unspecified atom stereocenters. The Morgan fingerprint density at radius 2 is 1.74 bits per heavy atom. The lowest BCUT2D eigenvalue weighted by molar-refractivity contribution is 0.576. The highest BCUT2D eigenvalue weighted by Gasteiger charge is 2.13. The maximum Gasteiger partial charge on any atom is 0.0412 e. The lowest BCUT2D eigenvalue weighted by Crippen LogP contribution is -2.25. The van der Waals surface area contributed by atoms with E-state index in [1.54, 1.807) is 0 Å². The molecule has 0 heterocycles. The zero-order valence-electron chi connectivity index (χ0n) is 13.1. The summed E-state index contributed by atoms with van der Waals surface area (Å²) in [5.74, 6) is 1.16. The van der Waals surface area contributed by atoms with Crippen LogP contribution in [-0.2, 0) is 0 Å². The zero-order chi connectivity index (χ0) is 14.3. The molecule has 0 fully saturated rings. The fourth-order valence-electron chi connectivity index (χ4n) is 2.18. The average Bonchev–Trinajstić information content (AvgIpc) is 2.37. The van der Waals surface area contributed by atoms with E-state index in [9.17, 15) is 0 Å².